The van der Waals surface area contributed by atoms with E-state index < -0.39 is 23.5 Å². The Balaban J connectivity index is 2.05. The lowest BCUT2D eigenvalue weighted by atomic mass is 10.2. The molecule has 1 aromatic heterocycles. The summed E-state index contributed by atoms with van der Waals surface area (Å²) in [4.78, 5) is 23.7. The van der Waals surface area contributed by atoms with E-state index in [4.69, 9.17) is 16.3 Å². The second kappa shape index (κ2) is 7.87. The highest BCUT2D eigenvalue weighted by Crippen LogP contribution is 2.21. The summed E-state index contributed by atoms with van der Waals surface area (Å²) in [5, 5.41) is 8.23. The van der Waals surface area contributed by atoms with Crippen LogP contribution in [0.3, 0.4) is 0 Å². The van der Waals surface area contributed by atoms with Gasteiger partial charge in [-0.15, -0.1) is 0 Å². The molecule has 2 N–H and O–H groups in total. The lowest BCUT2D eigenvalue weighted by molar-refractivity contribution is 0.0492. The Morgan fingerprint density at radius 3 is 2.71 bits per heavy atom. The van der Waals surface area contributed by atoms with Crippen molar-refractivity contribution in [2.75, 3.05) is 11.9 Å². The number of ether oxygens (including phenoxy) is 1. The number of amides is 1. The summed E-state index contributed by atoms with van der Waals surface area (Å²) < 4.78 is 31.2. The fourth-order valence-corrected chi connectivity index (χ4v) is 1.99. The van der Waals surface area contributed by atoms with E-state index in [1.807, 2.05) is 6.92 Å². The second-order valence-electron chi connectivity index (χ2n) is 4.86. The van der Waals surface area contributed by atoms with Crippen LogP contribution in [0.15, 0.2) is 18.2 Å². The molecule has 0 saturated carbocycles. The van der Waals surface area contributed by atoms with Gasteiger partial charge in [-0.25, -0.2) is 13.6 Å². The van der Waals surface area contributed by atoms with Crippen LogP contribution in [-0.4, -0.2) is 28.7 Å². The van der Waals surface area contributed by atoms with Crippen LogP contribution in [0.5, 0.6) is 0 Å². The number of carbonyl (C=O) groups is 2. The van der Waals surface area contributed by atoms with Gasteiger partial charge < -0.3 is 10.1 Å². The highest BCUT2D eigenvalue weighted by molar-refractivity contribution is 6.34. The molecular formula is C15H14ClF2N3O3. The predicted molar refractivity (Wildman–Crippen MR) is 83.1 cm³/mol. The molecule has 0 bridgehead atoms. The minimum absolute atomic E-state index is 0.0169. The fourth-order valence-electron chi connectivity index (χ4n) is 1.76. The molecule has 2 rings (SSSR count). The maximum Gasteiger partial charge on any atom is 0.356 e. The van der Waals surface area contributed by atoms with E-state index in [0.717, 1.165) is 12.8 Å². The molecule has 128 valence electrons. The number of benzene rings is 1. The largest absolute Gasteiger partial charge is 0.461 e. The summed E-state index contributed by atoms with van der Waals surface area (Å²) in [7, 11) is 0. The number of halogens is 3. The number of rotatable bonds is 6. The fraction of sp³-hybridized carbons (Fsp3) is 0.267. The molecule has 9 heteroatoms. The van der Waals surface area contributed by atoms with E-state index in [-0.39, 0.29) is 28.7 Å². The Kier molecular flexibility index (Phi) is 5.86. The van der Waals surface area contributed by atoms with Crippen LogP contribution in [0.25, 0.3) is 0 Å². The number of nitrogens with zero attached hydrogens (tertiary/aromatic N) is 1. The summed E-state index contributed by atoms with van der Waals surface area (Å²) in [5.74, 6) is -3.75. The minimum atomic E-state index is -1.20. The molecule has 0 unspecified atom stereocenters. The monoisotopic (exact) mass is 357 g/mol. The molecule has 0 aliphatic carbocycles. The van der Waals surface area contributed by atoms with Gasteiger partial charge in [0, 0.05) is 6.07 Å². The van der Waals surface area contributed by atoms with Crippen LogP contribution < -0.4 is 5.32 Å². The van der Waals surface area contributed by atoms with Crippen LogP contribution in [0.4, 0.5) is 14.6 Å². The Bertz CT molecular complexity index is 764. The molecule has 0 radical (unpaired) electrons. The van der Waals surface area contributed by atoms with Gasteiger partial charge in [-0.3, -0.25) is 9.89 Å². The number of carbonyl (C=O) groups excluding carboxylic acids is 2. The maximum atomic E-state index is 13.2. The molecule has 2 aromatic rings. The van der Waals surface area contributed by atoms with E-state index in [2.05, 4.69) is 15.5 Å². The summed E-state index contributed by atoms with van der Waals surface area (Å²) in [6.07, 6.45) is 1.62. The molecule has 0 saturated heterocycles. The first-order chi connectivity index (χ1) is 11.4. The van der Waals surface area contributed by atoms with Gasteiger partial charge in [0.15, 0.2) is 17.5 Å². The van der Waals surface area contributed by atoms with Gasteiger partial charge >= 0.3 is 5.97 Å². The molecule has 24 heavy (non-hydrogen) atoms. The standard InChI is InChI=1S/C15H14ClF2N3O3/c1-2-3-4-24-15(23)12-7-13(21-20-12)19-14(22)8-5-10(17)11(18)6-9(8)16/h5-7H,2-4H2,1H3,(H2,19,20,21,22). The van der Waals surface area contributed by atoms with Crippen molar-refractivity contribution in [2.45, 2.75) is 19.8 Å². The summed E-state index contributed by atoms with van der Waals surface area (Å²) >= 11 is 5.72. The molecule has 1 amide bonds. The summed E-state index contributed by atoms with van der Waals surface area (Å²) in [6.45, 7) is 2.24. The first kappa shape index (κ1) is 17.9. The van der Waals surface area contributed by atoms with Crippen molar-refractivity contribution in [2.24, 2.45) is 0 Å². The quantitative estimate of drug-likeness (QED) is 0.470. The number of aromatic amines is 1. The highest BCUT2D eigenvalue weighted by atomic mass is 35.5. The Labute approximate surface area is 141 Å². The van der Waals surface area contributed by atoms with Gasteiger partial charge in [-0.05, 0) is 18.6 Å². The van der Waals surface area contributed by atoms with Crippen LogP contribution in [0, 0.1) is 11.6 Å². The van der Waals surface area contributed by atoms with Crippen LogP contribution in [0.2, 0.25) is 5.02 Å². The lowest BCUT2D eigenvalue weighted by Crippen LogP contribution is -2.13. The van der Waals surface area contributed by atoms with Crippen LogP contribution in [0.1, 0.15) is 40.6 Å². The third kappa shape index (κ3) is 4.29. The highest BCUT2D eigenvalue weighted by Gasteiger charge is 2.17. The number of hydrogen-bond acceptors (Lipinski definition) is 4. The van der Waals surface area contributed by atoms with Gasteiger partial charge in [-0.1, -0.05) is 24.9 Å². The summed E-state index contributed by atoms with van der Waals surface area (Å²) in [5.41, 5.74) is -0.205. The van der Waals surface area contributed by atoms with Gasteiger partial charge in [0.25, 0.3) is 5.91 Å². The second-order valence-corrected chi connectivity index (χ2v) is 5.26. The average molecular weight is 358 g/mol. The zero-order chi connectivity index (χ0) is 17.7. The van der Waals surface area contributed by atoms with Crippen molar-refractivity contribution in [1.29, 1.82) is 0 Å². The molecular weight excluding hydrogens is 344 g/mol. The Morgan fingerprint density at radius 1 is 1.29 bits per heavy atom. The smallest absolute Gasteiger partial charge is 0.356 e. The van der Waals surface area contributed by atoms with Crippen LogP contribution >= 0.6 is 11.6 Å². The van der Waals surface area contributed by atoms with E-state index in [9.17, 15) is 18.4 Å². The molecule has 0 fully saturated rings. The SMILES string of the molecule is CCCCOC(=O)c1cc(NC(=O)c2cc(F)c(F)cc2Cl)n[nH]1. The number of nitrogens with one attached hydrogen (secondary N) is 2. The van der Waals surface area contributed by atoms with Crippen molar-refractivity contribution in [3.8, 4) is 0 Å². The Morgan fingerprint density at radius 2 is 2.00 bits per heavy atom. The predicted octanol–water partition coefficient (Wildman–Crippen LogP) is 3.55. The van der Waals surface area contributed by atoms with Gasteiger partial charge in [0.1, 0.15) is 5.69 Å². The van der Waals surface area contributed by atoms with Crippen molar-refractivity contribution < 1.29 is 23.1 Å². The maximum absolute atomic E-state index is 13.2. The van der Waals surface area contributed by atoms with Crippen molar-refractivity contribution in [3.63, 3.8) is 0 Å². The van der Waals surface area contributed by atoms with E-state index in [0.29, 0.717) is 12.1 Å². The number of hydrogen-bond donors (Lipinski definition) is 2. The molecule has 0 aliphatic rings. The molecule has 6 nitrogen and oxygen atoms in total. The first-order valence-corrected chi connectivity index (χ1v) is 7.48. The molecule has 1 aromatic carbocycles. The number of unbranched alkanes of at least 4 members (excludes halogenated alkanes) is 1. The molecule has 0 spiro atoms. The van der Waals surface area contributed by atoms with Crippen molar-refractivity contribution in [3.05, 3.63) is 46.1 Å². The van der Waals surface area contributed by atoms with Crippen LogP contribution in [-0.2, 0) is 4.74 Å². The number of anilines is 1. The first-order valence-electron chi connectivity index (χ1n) is 7.10. The topological polar surface area (TPSA) is 84.1 Å². The number of H-pyrrole nitrogens is 1. The lowest BCUT2D eigenvalue weighted by Gasteiger charge is -2.05. The van der Waals surface area contributed by atoms with E-state index in [1.54, 1.807) is 0 Å². The minimum Gasteiger partial charge on any atom is -0.461 e. The zero-order valence-electron chi connectivity index (χ0n) is 12.7. The zero-order valence-corrected chi connectivity index (χ0v) is 13.4. The van der Waals surface area contributed by atoms with E-state index >= 15 is 0 Å². The molecule has 0 atom stereocenters. The van der Waals surface area contributed by atoms with E-state index in [1.165, 1.54) is 6.07 Å². The third-order valence-electron chi connectivity index (χ3n) is 3.03. The molecule has 1 heterocycles. The normalized spacial score (nSPS) is 10.5. The van der Waals surface area contributed by atoms with Crippen molar-refractivity contribution in [1.82, 2.24) is 10.2 Å². The third-order valence-corrected chi connectivity index (χ3v) is 3.34. The average Bonchev–Trinajstić information content (AvgIpc) is 2.99. The Hall–Kier alpha value is -2.48. The van der Waals surface area contributed by atoms with Gasteiger partial charge in [0.05, 0.1) is 17.2 Å². The van der Waals surface area contributed by atoms with Gasteiger partial charge in [0.2, 0.25) is 0 Å². The summed E-state index contributed by atoms with van der Waals surface area (Å²) in [6, 6.07) is 2.65. The van der Waals surface area contributed by atoms with Gasteiger partial charge in [-0.2, -0.15) is 5.10 Å². The number of aromatic nitrogens is 2. The molecule has 0 aliphatic heterocycles. The van der Waals surface area contributed by atoms with Crippen molar-refractivity contribution >= 4 is 29.3 Å². The number of esters is 1.